The molecule has 2 aliphatic heterocycles. The topological polar surface area (TPSA) is 98.9 Å². The zero-order chi connectivity index (χ0) is 27.3. The van der Waals surface area contributed by atoms with Gasteiger partial charge in [0.15, 0.2) is 0 Å². The molecule has 36 heavy (non-hydrogen) atoms. The second kappa shape index (κ2) is 12.1. The van der Waals surface area contributed by atoms with Crippen molar-refractivity contribution < 1.29 is 46.1 Å². The molecule has 0 saturated carbocycles. The van der Waals surface area contributed by atoms with E-state index in [1.54, 1.807) is 0 Å². The lowest BCUT2D eigenvalue weighted by Crippen LogP contribution is -2.35. The van der Waals surface area contributed by atoms with Gasteiger partial charge in [-0.1, -0.05) is 0 Å². The van der Waals surface area contributed by atoms with E-state index in [2.05, 4.69) is 40.2 Å². The maximum absolute atomic E-state index is 10.6. The number of carboxylic acid groups (broad SMARTS) is 2. The molecule has 15 heteroatoms. The molecular weight excluding hydrogens is 518 g/mol. The Labute approximate surface area is 206 Å². The molecule has 8 nitrogen and oxygen atoms in total. The number of aliphatic carboxylic acids is 2. The van der Waals surface area contributed by atoms with Crippen LogP contribution in [0, 0.1) is 6.92 Å². The Hall–Kier alpha value is -2.65. The van der Waals surface area contributed by atoms with Crippen LogP contribution in [0.4, 0.5) is 26.3 Å². The highest BCUT2D eigenvalue weighted by atomic mass is 32.1. The number of thiophene rings is 1. The molecule has 2 N–H and O–H groups in total. The van der Waals surface area contributed by atoms with Crippen molar-refractivity contribution in [2.45, 2.75) is 57.3 Å². The minimum Gasteiger partial charge on any atom is -0.475 e. The number of carboxylic acids is 2. The molecule has 4 heterocycles. The summed E-state index contributed by atoms with van der Waals surface area (Å²) in [5, 5.41) is 18.5. The van der Waals surface area contributed by atoms with Crippen molar-refractivity contribution in [3.05, 3.63) is 39.8 Å². The van der Waals surface area contributed by atoms with Crippen LogP contribution in [0.1, 0.15) is 28.2 Å². The molecule has 0 amide bonds. The van der Waals surface area contributed by atoms with Crippen LogP contribution >= 0.6 is 11.3 Å². The summed E-state index contributed by atoms with van der Waals surface area (Å²) in [7, 11) is 2.00. The van der Waals surface area contributed by atoms with Gasteiger partial charge in [-0.2, -0.15) is 31.4 Å². The molecule has 202 valence electrons. The van der Waals surface area contributed by atoms with E-state index in [4.69, 9.17) is 19.8 Å². The fourth-order valence-electron chi connectivity index (χ4n) is 4.12. The van der Waals surface area contributed by atoms with Crippen LogP contribution < -0.4 is 0 Å². The zero-order valence-electron chi connectivity index (χ0n) is 19.4. The van der Waals surface area contributed by atoms with Crippen LogP contribution in [0.15, 0.2) is 24.5 Å². The number of aromatic nitrogens is 2. The lowest BCUT2D eigenvalue weighted by molar-refractivity contribution is -0.193. The Morgan fingerprint density at radius 3 is 1.81 bits per heavy atom. The molecule has 2 aromatic rings. The lowest BCUT2D eigenvalue weighted by Gasteiger charge is -2.25. The van der Waals surface area contributed by atoms with Gasteiger partial charge in [-0.3, -0.25) is 14.5 Å². The number of halogens is 6. The predicted molar refractivity (Wildman–Crippen MR) is 117 cm³/mol. The highest BCUT2D eigenvalue weighted by Crippen LogP contribution is 2.34. The van der Waals surface area contributed by atoms with Crippen LogP contribution in [-0.2, 0) is 29.7 Å². The minimum absolute atomic E-state index is 0.737. The van der Waals surface area contributed by atoms with Crippen LogP contribution in [0.3, 0.4) is 0 Å². The third kappa shape index (κ3) is 8.78. The van der Waals surface area contributed by atoms with Crippen LogP contribution in [-0.4, -0.2) is 79.3 Å². The SMILES string of the molecule is Cc1ccc(CN2CC[C@H]3[C@H]2CCN3Cc2cnn(C)c2)s1.O=C(O)C(F)(F)F.O=C(O)C(F)(F)F. The first-order valence-corrected chi connectivity index (χ1v) is 11.5. The molecule has 2 saturated heterocycles. The summed E-state index contributed by atoms with van der Waals surface area (Å²) >= 11 is 1.95. The number of hydrogen-bond donors (Lipinski definition) is 2. The van der Waals surface area contributed by atoms with Crippen LogP contribution in [0.2, 0.25) is 0 Å². The van der Waals surface area contributed by atoms with E-state index in [9.17, 15) is 26.3 Å². The van der Waals surface area contributed by atoms with Crippen molar-refractivity contribution >= 4 is 23.3 Å². The van der Waals surface area contributed by atoms with Gasteiger partial charge in [-0.25, -0.2) is 9.59 Å². The summed E-state index contributed by atoms with van der Waals surface area (Å²) in [6, 6.07) is 6.03. The van der Waals surface area contributed by atoms with Gasteiger partial charge in [-0.05, 0) is 31.9 Å². The average Bonchev–Trinajstić information content (AvgIpc) is 3.51. The molecule has 0 aliphatic carbocycles. The van der Waals surface area contributed by atoms with Gasteiger partial charge in [0.05, 0.1) is 6.20 Å². The summed E-state index contributed by atoms with van der Waals surface area (Å²) in [5.74, 6) is -5.51. The number of carbonyl (C=O) groups is 2. The molecule has 2 aromatic heterocycles. The van der Waals surface area contributed by atoms with Crippen molar-refractivity contribution in [2.75, 3.05) is 13.1 Å². The third-order valence-electron chi connectivity index (χ3n) is 5.59. The minimum atomic E-state index is -5.08. The monoisotopic (exact) mass is 544 g/mol. The Morgan fingerprint density at radius 2 is 1.44 bits per heavy atom. The second-order valence-electron chi connectivity index (χ2n) is 8.29. The molecule has 0 unspecified atom stereocenters. The quantitative estimate of drug-likeness (QED) is 0.564. The second-order valence-corrected chi connectivity index (χ2v) is 9.67. The molecule has 4 rings (SSSR count). The van der Waals surface area contributed by atoms with Crippen molar-refractivity contribution in [3.8, 4) is 0 Å². The van der Waals surface area contributed by atoms with E-state index >= 15 is 0 Å². The number of fused-ring (bicyclic) bond motifs is 1. The highest BCUT2D eigenvalue weighted by Gasteiger charge is 2.42. The maximum atomic E-state index is 10.6. The fourth-order valence-corrected chi connectivity index (χ4v) is 5.03. The van der Waals surface area contributed by atoms with Gasteiger partial charge < -0.3 is 10.2 Å². The normalized spacial score (nSPS) is 20.2. The molecule has 0 radical (unpaired) electrons. The van der Waals surface area contributed by atoms with Crippen LogP contribution in [0.25, 0.3) is 0 Å². The third-order valence-corrected chi connectivity index (χ3v) is 6.58. The standard InChI is InChI=1S/C17H24N4S.2C2HF3O2/c1-13-3-4-15(22-13)12-21-8-6-16-17(21)5-7-20(16)11-14-9-18-19(2)10-14;2*3-2(4,5)1(6)7/h3-4,9-10,16-17H,5-8,11-12H2,1-2H3;2*(H,6,7)/t16-,17+;;/m0../s1. The van der Waals surface area contributed by atoms with Crippen molar-refractivity contribution in [1.29, 1.82) is 0 Å². The van der Waals surface area contributed by atoms with Gasteiger partial charge in [0.2, 0.25) is 0 Å². The van der Waals surface area contributed by atoms with E-state index in [0.717, 1.165) is 25.2 Å². The molecule has 0 bridgehead atoms. The molecular formula is C21H26F6N4O4S. The molecule has 2 fully saturated rings. The summed E-state index contributed by atoms with van der Waals surface area (Å²) in [4.78, 5) is 26.1. The lowest BCUT2D eigenvalue weighted by atomic mass is 10.1. The summed E-state index contributed by atoms with van der Waals surface area (Å²) in [5.41, 5.74) is 1.34. The molecule has 0 aromatic carbocycles. The molecule has 0 spiro atoms. The predicted octanol–water partition coefficient (Wildman–Crippen LogP) is 3.91. The largest absolute Gasteiger partial charge is 0.490 e. The number of aryl methyl sites for hydroxylation is 2. The van der Waals surface area contributed by atoms with Crippen molar-refractivity contribution in [1.82, 2.24) is 19.6 Å². The molecule has 2 atom stereocenters. The Bertz CT molecular complexity index is 942. The first-order chi connectivity index (χ1) is 16.6. The summed E-state index contributed by atoms with van der Waals surface area (Å²) < 4.78 is 65.4. The van der Waals surface area contributed by atoms with E-state index in [-0.39, 0.29) is 0 Å². The fraction of sp³-hybridized carbons (Fsp3) is 0.571. The molecule has 2 aliphatic rings. The van der Waals surface area contributed by atoms with E-state index in [1.807, 2.05) is 29.3 Å². The van der Waals surface area contributed by atoms with Crippen LogP contribution in [0.5, 0.6) is 0 Å². The number of alkyl halides is 6. The van der Waals surface area contributed by atoms with Gasteiger partial charge in [-0.15, -0.1) is 11.3 Å². The van der Waals surface area contributed by atoms with Gasteiger partial charge in [0.1, 0.15) is 0 Å². The first kappa shape index (κ1) is 29.6. The van der Waals surface area contributed by atoms with E-state index in [1.165, 1.54) is 41.2 Å². The Balaban J connectivity index is 0.000000271. The number of hydrogen-bond acceptors (Lipinski definition) is 6. The smallest absolute Gasteiger partial charge is 0.475 e. The van der Waals surface area contributed by atoms with E-state index in [0.29, 0.717) is 0 Å². The zero-order valence-corrected chi connectivity index (χ0v) is 20.2. The Morgan fingerprint density at radius 1 is 0.972 bits per heavy atom. The van der Waals surface area contributed by atoms with Gasteiger partial charge in [0.25, 0.3) is 0 Å². The highest BCUT2D eigenvalue weighted by molar-refractivity contribution is 7.11. The summed E-state index contributed by atoms with van der Waals surface area (Å²) in [6.07, 6.45) is -3.38. The number of rotatable bonds is 4. The van der Waals surface area contributed by atoms with Crippen molar-refractivity contribution in [2.24, 2.45) is 7.05 Å². The van der Waals surface area contributed by atoms with Gasteiger partial charge >= 0.3 is 24.3 Å². The number of nitrogens with zero attached hydrogens (tertiary/aromatic N) is 4. The maximum Gasteiger partial charge on any atom is 0.490 e. The van der Waals surface area contributed by atoms with E-state index < -0.39 is 24.3 Å². The average molecular weight is 545 g/mol. The van der Waals surface area contributed by atoms with Gasteiger partial charge in [0, 0.05) is 66.8 Å². The Kier molecular flexibility index (Phi) is 9.91. The number of likely N-dealkylation sites (tertiary alicyclic amines) is 2. The van der Waals surface area contributed by atoms with Crippen molar-refractivity contribution in [3.63, 3.8) is 0 Å². The summed E-state index contributed by atoms with van der Waals surface area (Å²) in [6.45, 7) is 6.87. The first-order valence-electron chi connectivity index (χ1n) is 10.7.